The highest BCUT2D eigenvalue weighted by Crippen LogP contribution is 2.36. The molecule has 1 aromatic carbocycles. The van der Waals surface area contributed by atoms with E-state index >= 15 is 0 Å². The summed E-state index contributed by atoms with van der Waals surface area (Å²) in [5, 5.41) is 11.7. The van der Waals surface area contributed by atoms with Gasteiger partial charge in [0, 0.05) is 29.9 Å². The third-order valence-corrected chi connectivity index (χ3v) is 4.13. The molecule has 24 heavy (non-hydrogen) atoms. The first-order valence-corrected chi connectivity index (χ1v) is 7.59. The van der Waals surface area contributed by atoms with E-state index in [4.69, 9.17) is 9.84 Å². The molecule has 1 aromatic heterocycles. The van der Waals surface area contributed by atoms with Gasteiger partial charge in [-0.05, 0) is 42.7 Å². The van der Waals surface area contributed by atoms with Gasteiger partial charge < -0.3 is 20.1 Å². The first kappa shape index (κ1) is 15.9. The number of methoxy groups -OCH3 is 1. The number of nitrogens with one attached hydrogen (secondary N) is 2. The number of aromatic nitrogens is 1. The van der Waals surface area contributed by atoms with Crippen molar-refractivity contribution in [3.8, 4) is 5.75 Å². The molecule has 6 nitrogen and oxygen atoms in total. The Morgan fingerprint density at radius 1 is 1.38 bits per heavy atom. The predicted molar refractivity (Wildman–Crippen MR) is 91.0 cm³/mol. The number of aromatic amines is 1. The minimum Gasteiger partial charge on any atom is -0.497 e. The highest BCUT2D eigenvalue weighted by Gasteiger charge is 2.25. The molecule has 1 amide bonds. The smallest absolute Gasteiger partial charge is 0.303 e. The van der Waals surface area contributed by atoms with Crippen molar-refractivity contribution in [2.45, 2.75) is 19.8 Å². The van der Waals surface area contributed by atoms with Crippen LogP contribution in [0.25, 0.3) is 11.6 Å². The monoisotopic (exact) mass is 326 g/mol. The van der Waals surface area contributed by atoms with Crippen LogP contribution in [-0.4, -0.2) is 29.1 Å². The number of anilines is 1. The normalized spacial score (nSPS) is 14.6. The molecule has 2 aromatic rings. The lowest BCUT2D eigenvalue weighted by Gasteiger charge is -2.03. The van der Waals surface area contributed by atoms with E-state index in [9.17, 15) is 9.59 Å². The van der Waals surface area contributed by atoms with Gasteiger partial charge in [-0.3, -0.25) is 9.59 Å². The Morgan fingerprint density at radius 3 is 2.88 bits per heavy atom. The molecule has 1 aliphatic heterocycles. The van der Waals surface area contributed by atoms with E-state index in [1.54, 1.807) is 25.3 Å². The molecular weight excluding hydrogens is 308 g/mol. The molecule has 0 fully saturated rings. The highest BCUT2D eigenvalue weighted by molar-refractivity contribution is 6.35. The zero-order valence-electron chi connectivity index (χ0n) is 13.5. The molecule has 0 aliphatic carbocycles. The largest absolute Gasteiger partial charge is 0.497 e. The van der Waals surface area contributed by atoms with Crippen LogP contribution in [0.5, 0.6) is 5.75 Å². The summed E-state index contributed by atoms with van der Waals surface area (Å²) in [5.41, 5.74) is 4.72. The first-order valence-electron chi connectivity index (χ1n) is 7.59. The van der Waals surface area contributed by atoms with Gasteiger partial charge in [-0.25, -0.2) is 0 Å². The Labute approximate surface area is 139 Å². The van der Waals surface area contributed by atoms with Gasteiger partial charge in [0.25, 0.3) is 5.91 Å². The lowest BCUT2D eigenvalue weighted by molar-refractivity contribution is -0.137. The molecule has 124 valence electrons. The number of rotatable bonds is 5. The number of hydrogen-bond donors (Lipinski definition) is 3. The van der Waals surface area contributed by atoms with Crippen molar-refractivity contribution in [1.29, 1.82) is 0 Å². The fourth-order valence-electron chi connectivity index (χ4n) is 2.85. The minimum atomic E-state index is -0.842. The molecule has 0 saturated heterocycles. The number of carboxylic acid groups (broad SMARTS) is 1. The van der Waals surface area contributed by atoms with Crippen LogP contribution in [0.2, 0.25) is 0 Å². The van der Waals surface area contributed by atoms with Crippen molar-refractivity contribution in [2.24, 2.45) is 0 Å². The molecule has 0 spiro atoms. The summed E-state index contributed by atoms with van der Waals surface area (Å²) in [5.74, 6) is -0.354. The minimum absolute atomic E-state index is 0.0504. The molecule has 0 radical (unpaired) electrons. The number of ether oxygens (including phenoxy) is 1. The lowest BCUT2D eigenvalue weighted by atomic mass is 10.0. The van der Waals surface area contributed by atoms with Crippen LogP contribution in [0, 0.1) is 6.92 Å². The predicted octanol–water partition coefficient (Wildman–Crippen LogP) is 2.84. The van der Waals surface area contributed by atoms with E-state index in [1.165, 1.54) is 0 Å². The standard InChI is InChI=1S/C18H18N2O4/c1-10-9-19-15(12(10)5-6-17(21)22)8-14-13-4-3-11(24-2)7-16(13)20-18(14)23/h3-4,7-9,19H,5-6H2,1-2H3,(H,20,23)(H,21,22). The van der Waals surface area contributed by atoms with Crippen LogP contribution in [-0.2, 0) is 16.0 Å². The second kappa shape index (κ2) is 6.23. The second-order valence-electron chi connectivity index (χ2n) is 5.68. The van der Waals surface area contributed by atoms with E-state index in [0.717, 1.165) is 22.4 Å². The number of aryl methyl sites for hydroxylation is 1. The average Bonchev–Trinajstić information content (AvgIpc) is 3.05. The van der Waals surface area contributed by atoms with Crippen molar-refractivity contribution in [3.63, 3.8) is 0 Å². The summed E-state index contributed by atoms with van der Waals surface area (Å²) in [4.78, 5) is 26.3. The quantitative estimate of drug-likeness (QED) is 0.737. The fourth-order valence-corrected chi connectivity index (χ4v) is 2.85. The Bertz CT molecular complexity index is 849. The topological polar surface area (TPSA) is 91.4 Å². The number of H-pyrrole nitrogens is 1. The van der Waals surface area contributed by atoms with E-state index in [0.29, 0.717) is 23.4 Å². The Balaban J connectivity index is 1.98. The van der Waals surface area contributed by atoms with Gasteiger partial charge in [-0.15, -0.1) is 0 Å². The number of carbonyl (C=O) groups is 2. The van der Waals surface area contributed by atoms with Gasteiger partial charge >= 0.3 is 5.97 Å². The number of amides is 1. The number of aliphatic carboxylic acids is 1. The number of carboxylic acids is 1. The van der Waals surface area contributed by atoms with Crippen LogP contribution in [0.1, 0.15) is 28.8 Å². The van der Waals surface area contributed by atoms with Crippen molar-refractivity contribution in [1.82, 2.24) is 4.98 Å². The first-order chi connectivity index (χ1) is 11.5. The maximum atomic E-state index is 12.3. The van der Waals surface area contributed by atoms with Crippen molar-refractivity contribution in [3.05, 3.63) is 46.8 Å². The molecule has 6 heteroatoms. The van der Waals surface area contributed by atoms with E-state index in [1.807, 2.05) is 19.2 Å². The number of hydrogen-bond acceptors (Lipinski definition) is 3. The van der Waals surface area contributed by atoms with Gasteiger partial charge in [0.1, 0.15) is 5.75 Å². The Hall–Kier alpha value is -3.02. The molecule has 3 N–H and O–H groups in total. The number of benzene rings is 1. The Kier molecular flexibility index (Phi) is 4.12. The zero-order chi connectivity index (χ0) is 17.3. The average molecular weight is 326 g/mol. The van der Waals surface area contributed by atoms with Gasteiger partial charge in [-0.2, -0.15) is 0 Å². The summed E-state index contributed by atoms with van der Waals surface area (Å²) < 4.78 is 5.17. The molecular formula is C18H18N2O4. The van der Waals surface area contributed by atoms with Crippen LogP contribution in [0.4, 0.5) is 5.69 Å². The third kappa shape index (κ3) is 2.90. The molecule has 1 aliphatic rings. The molecule has 2 heterocycles. The maximum absolute atomic E-state index is 12.3. The van der Waals surface area contributed by atoms with Gasteiger partial charge in [0.15, 0.2) is 0 Å². The zero-order valence-corrected chi connectivity index (χ0v) is 13.5. The van der Waals surface area contributed by atoms with Crippen molar-refractivity contribution >= 4 is 29.2 Å². The summed E-state index contributed by atoms with van der Waals surface area (Å²) in [6.45, 7) is 1.92. The van der Waals surface area contributed by atoms with Crippen molar-refractivity contribution < 1.29 is 19.4 Å². The molecule has 0 unspecified atom stereocenters. The molecule has 3 rings (SSSR count). The lowest BCUT2D eigenvalue weighted by Crippen LogP contribution is -2.04. The van der Waals surface area contributed by atoms with E-state index in [2.05, 4.69) is 10.3 Å². The molecule has 0 bridgehead atoms. The van der Waals surface area contributed by atoms with Crippen LogP contribution < -0.4 is 10.1 Å². The summed E-state index contributed by atoms with van der Waals surface area (Å²) in [6, 6.07) is 5.42. The van der Waals surface area contributed by atoms with Crippen LogP contribution >= 0.6 is 0 Å². The highest BCUT2D eigenvalue weighted by atomic mass is 16.5. The summed E-state index contributed by atoms with van der Waals surface area (Å²) in [6.07, 6.45) is 4.07. The second-order valence-corrected chi connectivity index (χ2v) is 5.68. The summed E-state index contributed by atoms with van der Waals surface area (Å²) >= 11 is 0. The molecule has 0 saturated carbocycles. The van der Waals surface area contributed by atoms with Crippen LogP contribution in [0.15, 0.2) is 24.4 Å². The summed E-state index contributed by atoms with van der Waals surface area (Å²) in [7, 11) is 1.58. The van der Waals surface area contributed by atoms with Crippen LogP contribution in [0.3, 0.4) is 0 Å². The third-order valence-electron chi connectivity index (χ3n) is 4.13. The van der Waals surface area contributed by atoms with Crippen molar-refractivity contribution in [2.75, 3.05) is 12.4 Å². The van der Waals surface area contributed by atoms with E-state index < -0.39 is 5.97 Å². The fraction of sp³-hybridized carbons (Fsp3) is 0.222. The SMILES string of the molecule is COc1ccc2c(c1)NC(=O)C2=Cc1[nH]cc(C)c1CCC(=O)O. The maximum Gasteiger partial charge on any atom is 0.303 e. The molecule has 0 atom stereocenters. The Morgan fingerprint density at radius 2 is 2.17 bits per heavy atom. The van der Waals surface area contributed by atoms with E-state index in [-0.39, 0.29) is 12.3 Å². The number of carbonyl (C=O) groups excluding carboxylic acids is 1. The van der Waals surface area contributed by atoms with Gasteiger partial charge in [0.05, 0.1) is 18.4 Å². The van der Waals surface area contributed by atoms with Gasteiger partial charge in [0.2, 0.25) is 0 Å². The van der Waals surface area contributed by atoms with Gasteiger partial charge in [-0.1, -0.05) is 0 Å². The number of fused-ring (bicyclic) bond motifs is 1.